The van der Waals surface area contributed by atoms with Gasteiger partial charge >= 0.3 is 0 Å². The predicted molar refractivity (Wildman–Crippen MR) is 78.9 cm³/mol. The average molecular weight is 280 g/mol. The Labute approximate surface area is 123 Å². The van der Waals surface area contributed by atoms with E-state index in [1.807, 2.05) is 6.07 Å². The van der Waals surface area contributed by atoms with Gasteiger partial charge in [-0.3, -0.25) is 9.59 Å². The second kappa shape index (κ2) is 4.17. The van der Waals surface area contributed by atoms with E-state index in [4.69, 9.17) is 4.42 Å². The number of ketones is 2. The van der Waals surface area contributed by atoms with Crippen molar-refractivity contribution < 1.29 is 14.0 Å². The lowest BCUT2D eigenvalue weighted by molar-refractivity contribution is 0.0813. The van der Waals surface area contributed by atoms with Gasteiger partial charge in [-0.05, 0) is 48.8 Å². The van der Waals surface area contributed by atoms with E-state index in [0.29, 0.717) is 22.8 Å². The molecular formula is C18H16O3. The van der Waals surface area contributed by atoms with Crippen LogP contribution in [-0.4, -0.2) is 11.6 Å². The number of aryl methyl sites for hydroxylation is 1. The molecule has 0 aliphatic heterocycles. The number of carbonyl (C=O) groups excluding carboxylic acids is 2. The van der Waals surface area contributed by atoms with Crippen molar-refractivity contribution in [2.45, 2.75) is 39.0 Å². The lowest BCUT2D eigenvalue weighted by atomic mass is 9.76. The zero-order valence-corrected chi connectivity index (χ0v) is 12.2. The Balaban J connectivity index is 2.06. The highest BCUT2D eigenvalue weighted by Crippen LogP contribution is 2.42. The number of benzene rings is 1. The SMILES string of the molecule is Cc1coc2c1C(=O)C(=O)c1c-2ccc2c1CCCC2C. The second-order valence-corrected chi connectivity index (χ2v) is 6.13. The van der Waals surface area contributed by atoms with Crippen LogP contribution in [0.4, 0.5) is 0 Å². The molecule has 2 aliphatic carbocycles. The zero-order valence-electron chi connectivity index (χ0n) is 12.2. The summed E-state index contributed by atoms with van der Waals surface area (Å²) >= 11 is 0. The molecule has 1 aromatic carbocycles. The van der Waals surface area contributed by atoms with Gasteiger partial charge in [0.2, 0.25) is 11.6 Å². The third-order valence-corrected chi connectivity index (χ3v) is 4.82. The zero-order chi connectivity index (χ0) is 14.7. The van der Waals surface area contributed by atoms with Gasteiger partial charge in [0.25, 0.3) is 0 Å². The van der Waals surface area contributed by atoms with Crippen molar-refractivity contribution >= 4 is 11.6 Å². The van der Waals surface area contributed by atoms with Gasteiger partial charge in [0, 0.05) is 11.1 Å². The van der Waals surface area contributed by atoms with E-state index in [1.54, 1.807) is 13.2 Å². The second-order valence-electron chi connectivity index (χ2n) is 6.13. The van der Waals surface area contributed by atoms with Gasteiger partial charge in [0.05, 0.1) is 11.8 Å². The summed E-state index contributed by atoms with van der Waals surface area (Å²) in [4.78, 5) is 25.0. The number of fused-ring (bicyclic) bond motifs is 5. The molecule has 1 atom stereocenters. The van der Waals surface area contributed by atoms with E-state index in [0.717, 1.165) is 36.0 Å². The highest BCUT2D eigenvalue weighted by molar-refractivity contribution is 6.53. The van der Waals surface area contributed by atoms with E-state index < -0.39 is 5.78 Å². The fourth-order valence-electron chi connectivity index (χ4n) is 3.74. The molecule has 1 aromatic heterocycles. The molecule has 1 heterocycles. The van der Waals surface area contributed by atoms with Crippen molar-refractivity contribution in [2.75, 3.05) is 0 Å². The van der Waals surface area contributed by atoms with Gasteiger partial charge in [-0.2, -0.15) is 0 Å². The maximum atomic E-state index is 12.6. The quantitative estimate of drug-likeness (QED) is 0.683. The van der Waals surface area contributed by atoms with Crippen LogP contribution in [0.3, 0.4) is 0 Å². The largest absolute Gasteiger partial charge is 0.463 e. The van der Waals surface area contributed by atoms with E-state index in [1.165, 1.54) is 5.56 Å². The Morgan fingerprint density at radius 1 is 1.14 bits per heavy atom. The third-order valence-electron chi connectivity index (χ3n) is 4.82. The number of furan rings is 1. The maximum Gasteiger partial charge on any atom is 0.237 e. The minimum Gasteiger partial charge on any atom is -0.463 e. The molecule has 4 rings (SSSR count). The smallest absolute Gasteiger partial charge is 0.237 e. The molecule has 3 heteroatoms. The summed E-state index contributed by atoms with van der Waals surface area (Å²) < 4.78 is 5.58. The monoisotopic (exact) mass is 280 g/mol. The first-order valence-corrected chi connectivity index (χ1v) is 7.43. The summed E-state index contributed by atoms with van der Waals surface area (Å²) in [5, 5.41) is 0. The van der Waals surface area contributed by atoms with E-state index in [-0.39, 0.29) is 5.78 Å². The molecule has 21 heavy (non-hydrogen) atoms. The molecule has 0 saturated heterocycles. The van der Waals surface area contributed by atoms with Crippen molar-refractivity contribution in [3.05, 3.63) is 46.2 Å². The molecule has 2 aliphatic rings. The minimum absolute atomic E-state index is 0.368. The van der Waals surface area contributed by atoms with Crippen LogP contribution < -0.4 is 0 Å². The van der Waals surface area contributed by atoms with Crippen LogP contribution in [0.15, 0.2) is 22.8 Å². The molecule has 0 amide bonds. The van der Waals surface area contributed by atoms with Crippen molar-refractivity contribution in [2.24, 2.45) is 0 Å². The number of Topliss-reactive ketones (excluding diaryl/α,β-unsaturated/α-hetero) is 2. The van der Waals surface area contributed by atoms with Crippen LogP contribution in [0, 0.1) is 6.92 Å². The first kappa shape index (κ1) is 12.6. The molecule has 0 saturated carbocycles. The number of hydrogen-bond acceptors (Lipinski definition) is 3. The van der Waals surface area contributed by atoms with Crippen LogP contribution >= 0.6 is 0 Å². The normalized spacial score (nSPS) is 20.0. The van der Waals surface area contributed by atoms with Crippen molar-refractivity contribution in [1.29, 1.82) is 0 Å². The van der Waals surface area contributed by atoms with Crippen LogP contribution in [-0.2, 0) is 6.42 Å². The summed E-state index contributed by atoms with van der Waals surface area (Å²) in [6.45, 7) is 3.99. The Hall–Kier alpha value is -2.16. The summed E-state index contributed by atoms with van der Waals surface area (Å²) in [6, 6.07) is 4.05. The predicted octanol–water partition coefficient (Wildman–Crippen LogP) is 4.07. The highest BCUT2D eigenvalue weighted by Gasteiger charge is 2.37. The van der Waals surface area contributed by atoms with Crippen LogP contribution in [0.2, 0.25) is 0 Å². The Bertz CT molecular complexity index is 795. The maximum absolute atomic E-state index is 12.6. The summed E-state index contributed by atoms with van der Waals surface area (Å²) in [5.74, 6) is 0.220. The Morgan fingerprint density at radius 2 is 1.90 bits per heavy atom. The van der Waals surface area contributed by atoms with Gasteiger partial charge in [-0.1, -0.05) is 19.1 Å². The molecule has 106 valence electrons. The fraction of sp³-hybridized carbons (Fsp3) is 0.333. The van der Waals surface area contributed by atoms with E-state index >= 15 is 0 Å². The molecule has 1 unspecified atom stereocenters. The van der Waals surface area contributed by atoms with E-state index in [2.05, 4.69) is 13.0 Å². The molecule has 0 spiro atoms. The molecular weight excluding hydrogens is 264 g/mol. The van der Waals surface area contributed by atoms with Crippen LogP contribution in [0.1, 0.15) is 63.1 Å². The summed E-state index contributed by atoms with van der Waals surface area (Å²) in [7, 11) is 0. The van der Waals surface area contributed by atoms with Gasteiger partial charge in [0.15, 0.2) is 0 Å². The summed E-state index contributed by atoms with van der Waals surface area (Å²) in [5.41, 5.74) is 4.83. The standard InChI is InChI=1S/C18H16O3/c1-9-4-3-5-12-11(9)6-7-13-15(12)17(20)16(19)14-10(2)8-21-18(13)14/h6-9H,3-5H2,1-2H3. The van der Waals surface area contributed by atoms with Crippen molar-refractivity contribution in [1.82, 2.24) is 0 Å². The first-order valence-electron chi connectivity index (χ1n) is 7.43. The van der Waals surface area contributed by atoms with Crippen molar-refractivity contribution in [3.8, 4) is 11.3 Å². The summed E-state index contributed by atoms with van der Waals surface area (Å²) in [6.07, 6.45) is 4.64. The highest BCUT2D eigenvalue weighted by atomic mass is 16.3. The van der Waals surface area contributed by atoms with Crippen LogP contribution in [0.5, 0.6) is 0 Å². The van der Waals surface area contributed by atoms with Gasteiger partial charge in [-0.15, -0.1) is 0 Å². The van der Waals surface area contributed by atoms with Crippen LogP contribution in [0.25, 0.3) is 11.3 Å². The van der Waals surface area contributed by atoms with Gasteiger partial charge in [-0.25, -0.2) is 0 Å². The molecule has 0 N–H and O–H groups in total. The molecule has 3 nitrogen and oxygen atoms in total. The van der Waals surface area contributed by atoms with Crippen molar-refractivity contribution in [3.63, 3.8) is 0 Å². The minimum atomic E-state index is -0.421. The first-order chi connectivity index (χ1) is 10.1. The molecule has 0 radical (unpaired) electrons. The van der Waals surface area contributed by atoms with Gasteiger partial charge < -0.3 is 4.42 Å². The lowest BCUT2D eigenvalue weighted by Gasteiger charge is -2.27. The molecule has 0 fully saturated rings. The van der Waals surface area contributed by atoms with E-state index in [9.17, 15) is 9.59 Å². The Morgan fingerprint density at radius 3 is 2.71 bits per heavy atom. The Kier molecular flexibility index (Phi) is 2.49. The third kappa shape index (κ3) is 1.54. The molecule has 2 aromatic rings. The fourth-order valence-corrected chi connectivity index (χ4v) is 3.74. The number of rotatable bonds is 0. The molecule has 0 bridgehead atoms. The average Bonchev–Trinajstić information content (AvgIpc) is 2.86. The topological polar surface area (TPSA) is 47.3 Å². The lowest BCUT2D eigenvalue weighted by Crippen LogP contribution is -2.24. The number of hydrogen-bond donors (Lipinski definition) is 0. The van der Waals surface area contributed by atoms with Gasteiger partial charge in [0.1, 0.15) is 5.76 Å². The number of carbonyl (C=O) groups is 2.